The maximum atomic E-state index is 13.3. The van der Waals surface area contributed by atoms with E-state index in [1.807, 2.05) is 16.5 Å². The van der Waals surface area contributed by atoms with E-state index in [0.717, 1.165) is 42.6 Å². The smallest absolute Gasteiger partial charge is 0.274 e. The molecule has 1 saturated heterocycles. The number of fused-ring (bicyclic) bond motifs is 1. The number of benzene rings is 1. The fourth-order valence-corrected chi connectivity index (χ4v) is 4.38. The fourth-order valence-electron chi connectivity index (χ4n) is 4.38. The summed E-state index contributed by atoms with van der Waals surface area (Å²) < 4.78 is 15.1. The van der Waals surface area contributed by atoms with Crippen LogP contribution in [0.5, 0.6) is 0 Å². The van der Waals surface area contributed by atoms with Crippen LogP contribution in [0.15, 0.2) is 24.3 Å². The molecule has 154 valence electrons. The summed E-state index contributed by atoms with van der Waals surface area (Å²) in [7, 11) is 0. The molecule has 2 amide bonds. The lowest BCUT2D eigenvalue weighted by Crippen LogP contribution is -2.43. The molecule has 0 bridgehead atoms. The van der Waals surface area contributed by atoms with Gasteiger partial charge in [-0.25, -0.2) is 9.07 Å². The van der Waals surface area contributed by atoms with Gasteiger partial charge in [0.2, 0.25) is 5.91 Å². The number of nitrogens with zero attached hydrogens (tertiary/aromatic N) is 3. The molecule has 4 rings (SSSR count). The molecule has 1 aliphatic carbocycles. The molecule has 2 aromatic rings. The van der Waals surface area contributed by atoms with Crippen LogP contribution in [0.25, 0.3) is 5.69 Å². The van der Waals surface area contributed by atoms with Crippen molar-refractivity contribution in [2.45, 2.75) is 45.4 Å². The minimum atomic E-state index is -0.291. The molecule has 7 heteroatoms. The number of nitrogens with one attached hydrogen (secondary N) is 1. The van der Waals surface area contributed by atoms with E-state index >= 15 is 0 Å². The molecule has 1 fully saturated rings. The van der Waals surface area contributed by atoms with Crippen molar-refractivity contribution in [3.05, 3.63) is 47.0 Å². The zero-order valence-electron chi connectivity index (χ0n) is 16.8. The molecule has 2 aliphatic rings. The Morgan fingerprint density at radius 1 is 1.14 bits per heavy atom. The van der Waals surface area contributed by atoms with E-state index in [9.17, 15) is 14.0 Å². The monoisotopic (exact) mass is 398 g/mol. The zero-order valence-corrected chi connectivity index (χ0v) is 16.8. The lowest BCUT2D eigenvalue weighted by atomic mass is 9.93. The van der Waals surface area contributed by atoms with Crippen LogP contribution in [0.4, 0.5) is 4.39 Å². The van der Waals surface area contributed by atoms with Crippen molar-refractivity contribution in [2.24, 2.45) is 5.92 Å². The molecule has 6 nitrogen and oxygen atoms in total. The normalized spacial score (nSPS) is 17.1. The Balaban J connectivity index is 1.56. The standard InChI is InChI=1S/C22H27FN4O2/c1-2-24-21(28)15-11-13-26(14-12-15)22(29)20-18-5-3-4-6-19(18)27(25-20)17-9-7-16(23)8-10-17/h7-10,15H,2-6,11-14H2,1H3,(H,24,28). The van der Waals surface area contributed by atoms with Crippen LogP contribution in [0.3, 0.4) is 0 Å². The largest absolute Gasteiger partial charge is 0.356 e. The number of halogens is 1. The second kappa shape index (κ2) is 8.35. The Kier molecular flexibility index (Phi) is 5.65. The molecular weight excluding hydrogens is 371 g/mol. The summed E-state index contributed by atoms with van der Waals surface area (Å²) in [4.78, 5) is 27.1. The quantitative estimate of drug-likeness (QED) is 0.861. The summed E-state index contributed by atoms with van der Waals surface area (Å²) >= 11 is 0. The summed E-state index contributed by atoms with van der Waals surface area (Å²) in [6.07, 6.45) is 5.17. The van der Waals surface area contributed by atoms with Gasteiger partial charge in [0, 0.05) is 36.8 Å². The number of hydrogen-bond acceptors (Lipinski definition) is 3. The van der Waals surface area contributed by atoms with Crippen LogP contribution in [0.1, 0.15) is 54.4 Å². The number of hydrogen-bond donors (Lipinski definition) is 1. The molecule has 0 spiro atoms. The van der Waals surface area contributed by atoms with Crippen LogP contribution in [-0.4, -0.2) is 46.1 Å². The van der Waals surface area contributed by atoms with Gasteiger partial charge in [-0.1, -0.05) is 0 Å². The van der Waals surface area contributed by atoms with E-state index in [1.54, 1.807) is 12.1 Å². The highest BCUT2D eigenvalue weighted by molar-refractivity contribution is 5.94. The zero-order chi connectivity index (χ0) is 20.4. The van der Waals surface area contributed by atoms with Gasteiger partial charge in [0.1, 0.15) is 5.82 Å². The maximum Gasteiger partial charge on any atom is 0.274 e. The molecule has 1 N–H and O–H groups in total. The number of carbonyl (C=O) groups excluding carboxylic acids is 2. The minimum absolute atomic E-state index is 0.0234. The van der Waals surface area contributed by atoms with Crippen molar-refractivity contribution < 1.29 is 14.0 Å². The van der Waals surface area contributed by atoms with Gasteiger partial charge in [-0.05, 0) is 69.7 Å². The van der Waals surface area contributed by atoms with Gasteiger partial charge in [0.05, 0.1) is 5.69 Å². The fraction of sp³-hybridized carbons (Fsp3) is 0.500. The van der Waals surface area contributed by atoms with Crippen LogP contribution in [0, 0.1) is 11.7 Å². The highest BCUT2D eigenvalue weighted by atomic mass is 19.1. The van der Waals surface area contributed by atoms with Gasteiger partial charge < -0.3 is 10.2 Å². The summed E-state index contributed by atoms with van der Waals surface area (Å²) in [5.74, 6) is -0.290. The van der Waals surface area contributed by atoms with Crippen molar-refractivity contribution in [1.82, 2.24) is 20.0 Å². The average Bonchev–Trinajstić information content (AvgIpc) is 3.14. The number of aromatic nitrogens is 2. The number of likely N-dealkylation sites (tertiary alicyclic amines) is 1. The third kappa shape index (κ3) is 3.91. The first-order valence-corrected chi connectivity index (χ1v) is 10.5. The Labute approximate surface area is 170 Å². The number of carbonyl (C=O) groups is 2. The van der Waals surface area contributed by atoms with Crippen molar-refractivity contribution in [3.63, 3.8) is 0 Å². The van der Waals surface area contributed by atoms with Crippen molar-refractivity contribution in [2.75, 3.05) is 19.6 Å². The molecule has 29 heavy (non-hydrogen) atoms. The molecule has 1 aromatic heterocycles. The summed E-state index contributed by atoms with van der Waals surface area (Å²) in [6.45, 7) is 3.68. The predicted octanol–water partition coefficient (Wildman–Crippen LogP) is 2.88. The van der Waals surface area contributed by atoms with Gasteiger partial charge >= 0.3 is 0 Å². The van der Waals surface area contributed by atoms with Gasteiger partial charge in [-0.2, -0.15) is 5.10 Å². The third-order valence-electron chi connectivity index (χ3n) is 5.96. The Morgan fingerprint density at radius 2 is 1.83 bits per heavy atom. The van der Waals surface area contributed by atoms with Crippen LogP contribution < -0.4 is 5.32 Å². The van der Waals surface area contributed by atoms with Crippen LogP contribution in [-0.2, 0) is 17.6 Å². The van der Waals surface area contributed by atoms with Crippen molar-refractivity contribution in [3.8, 4) is 5.69 Å². The van der Waals surface area contributed by atoms with Gasteiger partial charge in [-0.3, -0.25) is 9.59 Å². The highest BCUT2D eigenvalue weighted by Crippen LogP contribution is 2.29. The van der Waals surface area contributed by atoms with Crippen molar-refractivity contribution >= 4 is 11.8 Å². The highest BCUT2D eigenvalue weighted by Gasteiger charge is 2.32. The van der Waals surface area contributed by atoms with E-state index in [0.29, 0.717) is 38.2 Å². The maximum absolute atomic E-state index is 13.3. The summed E-state index contributed by atoms with van der Waals surface area (Å²) in [5.41, 5.74) is 3.37. The Morgan fingerprint density at radius 3 is 2.52 bits per heavy atom. The molecular formula is C22H27FN4O2. The lowest BCUT2D eigenvalue weighted by Gasteiger charge is -2.31. The summed E-state index contributed by atoms with van der Waals surface area (Å²) in [5, 5.41) is 7.55. The predicted molar refractivity (Wildman–Crippen MR) is 107 cm³/mol. The Hall–Kier alpha value is -2.70. The van der Waals surface area contributed by atoms with Crippen LogP contribution >= 0.6 is 0 Å². The topological polar surface area (TPSA) is 67.2 Å². The SMILES string of the molecule is CCNC(=O)C1CCN(C(=O)c2nn(-c3ccc(F)cc3)c3c2CCCC3)CC1. The molecule has 1 aliphatic heterocycles. The first-order valence-electron chi connectivity index (χ1n) is 10.5. The first kappa shape index (κ1) is 19.6. The van der Waals surface area contributed by atoms with Gasteiger partial charge in [0.15, 0.2) is 5.69 Å². The molecule has 0 radical (unpaired) electrons. The number of rotatable bonds is 4. The van der Waals surface area contributed by atoms with E-state index in [-0.39, 0.29) is 23.5 Å². The molecule has 0 saturated carbocycles. The lowest BCUT2D eigenvalue weighted by molar-refractivity contribution is -0.126. The van der Waals surface area contributed by atoms with E-state index < -0.39 is 0 Å². The Bertz CT molecular complexity index is 898. The van der Waals surface area contributed by atoms with E-state index in [2.05, 4.69) is 10.4 Å². The summed E-state index contributed by atoms with van der Waals surface area (Å²) in [6, 6.07) is 6.23. The number of amides is 2. The van der Waals surface area contributed by atoms with E-state index in [1.165, 1.54) is 12.1 Å². The molecule has 1 aromatic carbocycles. The molecule has 0 atom stereocenters. The van der Waals surface area contributed by atoms with Gasteiger partial charge in [0.25, 0.3) is 5.91 Å². The molecule has 2 heterocycles. The number of piperidine rings is 1. The van der Waals surface area contributed by atoms with Crippen LogP contribution in [0.2, 0.25) is 0 Å². The average molecular weight is 398 g/mol. The van der Waals surface area contributed by atoms with Gasteiger partial charge in [-0.15, -0.1) is 0 Å². The second-order valence-electron chi connectivity index (χ2n) is 7.83. The third-order valence-corrected chi connectivity index (χ3v) is 5.96. The first-order chi connectivity index (χ1) is 14.1. The van der Waals surface area contributed by atoms with E-state index in [4.69, 9.17) is 0 Å². The minimum Gasteiger partial charge on any atom is -0.356 e. The van der Waals surface area contributed by atoms with Crippen molar-refractivity contribution in [1.29, 1.82) is 0 Å². The molecule has 0 unspecified atom stereocenters. The second-order valence-corrected chi connectivity index (χ2v) is 7.83.